The van der Waals surface area contributed by atoms with Crippen molar-refractivity contribution in [2.24, 2.45) is 0 Å². The Bertz CT molecular complexity index is 823. The largest absolute Gasteiger partial charge is 0.465 e. The maximum atomic E-state index is 12.1. The first-order chi connectivity index (χ1) is 11.8. The van der Waals surface area contributed by atoms with E-state index in [2.05, 4.69) is 10.6 Å². The van der Waals surface area contributed by atoms with Gasteiger partial charge in [-0.15, -0.1) is 0 Å². The van der Waals surface area contributed by atoms with E-state index in [-0.39, 0.29) is 5.91 Å². The Labute approximate surface area is 145 Å². The third kappa shape index (κ3) is 4.26. The molecule has 2 amide bonds. The maximum Gasteiger partial charge on any atom is 0.342 e. The lowest BCUT2D eigenvalue weighted by Crippen LogP contribution is -2.22. The predicted octanol–water partition coefficient (Wildman–Crippen LogP) is 2.36. The number of nitrogens with one attached hydrogen (secondary N) is 2. The van der Waals surface area contributed by atoms with Gasteiger partial charge < -0.3 is 19.8 Å². The quantitative estimate of drug-likeness (QED) is 0.812. The molecule has 0 aliphatic rings. The van der Waals surface area contributed by atoms with Crippen LogP contribution in [0.3, 0.4) is 0 Å². The Morgan fingerprint density at radius 1 is 1.12 bits per heavy atom. The van der Waals surface area contributed by atoms with E-state index in [0.29, 0.717) is 33.9 Å². The summed E-state index contributed by atoms with van der Waals surface area (Å²) < 4.78 is 10.4. The van der Waals surface area contributed by atoms with Crippen LogP contribution in [0.4, 0.5) is 5.69 Å². The van der Waals surface area contributed by atoms with Crippen LogP contribution in [0.25, 0.3) is 0 Å². The first kappa shape index (κ1) is 18.3. The number of carbonyl (C=O) groups is 3. The number of amides is 2. The fraction of sp³-hybridized carbons (Fsp3) is 0.278. The number of esters is 1. The van der Waals surface area contributed by atoms with E-state index < -0.39 is 18.5 Å². The third-order valence-electron chi connectivity index (χ3n) is 3.74. The number of anilines is 1. The summed E-state index contributed by atoms with van der Waals surface area (Å²) in [6, 6.07) is 6.45. The lowest BCUT2D eigenvalue weighted by molar-refractivity contribution is -0.119. The number of furan rings is 1. The molecule has 0 atom stereocenters. The molecule has 2 rings (SSSR count). The van der Waals surface area contributed by atoms with Gasteiger partial charge in [0.05, 0.1) is 0 Å². The number of ether oxygens (including phenoxy) is 1. The summed E-state index contributed by atoms with van der Waals surface area (Å²) in [5.41, 5.74) is 1.89. The van der Waals surface area contributed by atoms with Crippen molar-refractivity contribution in [2.75, 3.05) is 19.0 Å². The van der Waals surface area contributed by atoms with Gasteiger partial charge in [0, 0.05) is 23.9 Å². The first-order valence-electron chi connectivity index (χ1n) is 7.69. The molecular weight excluding hydrogens is 324 g/mol. The van der Waals surface area contributed by atoms with Crippen LogP contribution in [0.1, 0.15) is 37.8 Å². The smallest absolute Gasteiger partial charge is 0.342 e. The molecule has 0 radical (unpaired) electrons. The van der Waals surface area contributed by atoms with E-state index in [1.54, 1.807) is 39.0 Å². The molecule has 0 bridgehead atoms. The summed E-state index contributed by atoms with van der Waals surface area (Å²) in [7, 11) is 1.52. The fourth-order valence-electron chi connectivity index (χ4n) is 2.38. The third-order valence-corrected chi connectivity index (χ3v) is 3.74. The molecule has 0 aliphatic heterocycles. The second-order valence-electron chi connectivity index (χ2n) is 5.50. The van der Waals surface area contributed by atoms with Crippen LogP contribution < -0.4 is 10.6 Å². The summed E-state index contributed by atoms with van der Waals surface area (Å²) in [5.74, 6) is -0.276. The van der Waals surface area contributed by atoms with Gasteiger partial charge in [-0.25, -0.2) is 4.79 Å². The lowest BCUT2D eigenvalue weighted by atomic mass is 10.1. The van der Waals surface area contributed by atoms with Gasteiger partial charge in [-0.1, -0.05) is 6.07 Å². The van der Waals surface area contributed by atoms with Gasteiger partial charge in [0.15, 0.2) is 6.61 Å². The molecule has 1 aromatic carbocycles. The van der Waals surface area contributed by atoms with Gasteiger partial charge in [0.25, 0.3) is 11.8 Å². The average molecular weight is 344 g/mol. The molecule has 7 heteroatoms. The molecule has 132 valence electrons. The topological polar surface area (TPSA) is 97.6 Å². The second kappa shape index (κ2) is 7.65. The van der Waals surface area contributed by atoms with E-state index in [1.807, 2.05) is 0 Å². The molecular formula is C18H20N2O5. The summed E-state index contributed by atoms with van der Waals surface area (Å²) in [6.45, 7) is 4.74. The Kier molecular flexibility index (Phi) is 5.59. The molecule has 2 aromatic rings. The number of rotatable bonds is 5. The van der Waals surface area contributed by atoms with Gasteiger partial charge in [0.1, 0.15) is 17.1 Å². The number of hydrogen-bond acceptors (Lipinski definition) is 5. The van der Waals surface area contributed by atoms with Gasteiger partial charge in [-0.2, -0.15) is 0 Å². The maximum absolute atomic E-state index is 12.1. The fourth-order valence-corrected chi connectivity index (χ4v) is 2.38. The van der Waals surface area contributed by atoms with Crippen LogP contribution in [0, 0.1) is 20.8 Å². The van der Waals surface area contributed by atoms with E-state index in [0.717, 1.165) is 0 Å². The van der Waals surface area contributed by atoms with Crippen molar-refractivity contribution in [3.8, 4) is 0 Å². The Morgan fingerprint density at radius 3 is 2.44 bits per heavy atom. The van der Waals surface area contributed by atoms with Crippen molar-refractivity contribution in [3.05, 3.63) is 52.5 Å². The average Bonchev–Trinajstić information content (AvgIpc) is 2.84. The predicted molar refractivity (Wildman–Crippen MR) is 91.7 cm³/mol. The van der Waals surface area contributed by atoms with Gasteiger partial charge in [-0.3, -0.25) is 9.59 Å². The molecule has 0 fully saturated rings. The molecule has 1 heterocycles. The molecule has 0 unspecified atom stereocenters. The van der Waals surface area contributed by atoms with Crippen molar-refractivity contribution in [1.29, 1.82) is 0 Å². The van der Waals surface area contributed by atoms with Crippen LogP contribution in [0.15, 0.2) is 28.7 Å². The zero-order valence-electron chi connectivity index (χ0n) is 14.6. The highest BCUT2D eigenvalue weighted by Gasteiger charge is 2.20. The second-order valence-corrected chi connectivity index (χ2v) is 5.50. The number of benzene rings is 1. The number of aryl methyl sites for hydroxylation is 2. The summed E-state index contributed by atoms with van der Waals surface area (Å²) in [5, 5.41) is 5.09. The van der Waals surface area contributed by atoms with E-state index in [1.165, 1.54) is 13.1 Å². The van der Waals surface area contributed by atoms with Crippen LogP contribution >= 0.6 is 0 Å². The minimum atomic E-state index is -0.610. The molecule has 0 saturated heterocycles. The van der Waals surface area contributed by atoms with Crippen LogP contribution in [0.2, 0.25) is 0 Å². The Morgan fingerprint density at radius 2 is 1.84 bits per heavy atom. The van der Waals surface area contributed by atoms with Crippen LogP contribution in [-0.4, -0.2) is 31.4 Å². The molecule has 2 N–H and O–H groups in total. The van der Waals surface area contributed by atoms with Crippen LogP contribution in [-0.2, 0) is 9.53 Å². The van der Waals surface area contributed by atoms with E-state index >= 15 is 0 Å². The molecule has 25 heavy (non-hydrogen) atoms. The molecule has 1 aromatic heterocycles. The molecule has 0 saturated carbocycles. The van der Waals surface area contributed by atoms with Gasteiger partial charge >= 0.3 is 5.97 Å². The van der Waals surface area contributed by atoms with Gasteiger partial charge in [-0.05, 0) is 39.0 Å². The minimum absolute atomic E-state index is 0.260. The zero-order chi connectivity index (χ0) is 18.6. The summed E-state index contributed by atoms with van der Waals surface area (Å²) in [4.78, 5) is 35.7. The van der Waals surface area contributed by atoms with Crippen molar-refractivity contribution in [3.63, 3.8) is 0 Å². The molecule has 7 nitrogen and oxygen atoms in total. The first-order valence-corrected chi connectivity index (χ1v) is 7.69. The van der Waals surface area contributed by atoms with Gasteiger partial charge in [0.2, 0.25) is 0 Å². The van der Waals surface area contributed by atoms with E-state index in [4.69, 9.17) is 9.15 Å². The molecule has 0 spiro atoms. The lowest BCUT2D eigenvalue weighted by Gasteiger charge is -2.08. The summed E-state index contributed by atoms with van der Waals surface area (Å²) in [6.07, 6.45) is 0. The minimum Gasteiger partial charge on any atom is -0.465 e. The highest BCUT2D eigenvalue weighted by Crippen LogP contribution is 2.21. The van der Waals surface area contributed by atoms with Crippen molar-refractivity contribution >= 4 is 23.5 Å². The number of carbonyl (C=O) groups excluding carboxylic acids is 3. The van der Waals surface area contributed by atoms with Crippen molar-refractivity contribution in [2.45, 2.75) is 20.8 Å². The monoisotopic (exact) mass is 344 g/mol. The highest BCUT2D eigenvalue weighted by atomic mass is 16.5. The SMILES string of the molecule is CNC(=O)c1cccc(NC(=O)COC(=O)c2c(C)oc(C)c2C)c1. The zero-order valence-corrected chi connectivity index (χ0v) is 14.6. The Hall–Kier alpha value is -3.09. The normalized spacial score (nSPS) is 10.2. The standard InChI is InChI=1S/C18H20N2O5/c1-10-11(2)25-12(3)16(10)18(23)24-9-15(21)20-14-7-5-6-13(8-14)17(22)19-4/h5-8H,9H2,1-4H3,(H,19,22)(H,20,21). The van der Waals surface area contributed by atoms with Crippen molar-refractivity contribution < 1.29 is 23.5 Å². The summed E-state index contributed by atoms with van der Waals surface area (Å²) >= 11 is 0. The van der Waals surface area contributed by atoms with Crippen molar-refractivity contribution in [1.82, 2.24) is 5.32 Å². The highest BCUT2D eigenvalue weighted by molar-refractivity contribution is 5.98. The Balaban J connectivity index is 1.97. The number of hydrogen-bond donors (Lipinski definition) is 2. The van der Waals surface area contributed by atoms with Crippen LogP contribution in [0.5, 0.6) is 0 Å². The molecule has 0 aliphatic carbocycles. The van der Waals surface area contributed by atoms with E-state index in [9.17, 15) is 14.4 Å².